The molecule has 0 amide bonds. The lowest BCUT2D eigenvalue weighted by atomic mass is 10.1. The van der Waals surface area contributed by atoms with Crippen molar-refractivity contribution in [2.24, 2.45) is 0 Å². The normalized spacial score (nSPS) is 14.2. The van der Waals surface area contributed by atoms with E-state index in [1.807, 2.05) is 6.92 Å². The van der Waals surface area contributed by atoms with Crippen LogP contribution in [-0.4, -0.2) is 42.0 Å². The Morgan fingerprint density at radius 1 is 1.35 bits per heavy atom. The lowest BCUT2D eigenvalue weighted by molar-refractivity contribution is -0.0259. The van der Waals surface area contributed by atoms with E-state index >= 15 is 0 Å². The van der Waals surface area contributed by atoms with Crippen molar-refractivity contribution in [3.63, 3.8) is 0 Å². The Hall–Kier alpha value is -1.40. The van der Waals surface area contributed by atoms with E-state index < -0.39 is 6.10 Å². The van der Waals surface area contributed by atoms with Gasteiger partial charge in [0.05, 0.1) is 26.5 Å². The molecule has 2 atom stereocenters. The molecule has 6 heteroatoms. The third-order valence-electron chi connectivity index (χ3n) is 2.30. The van der Waals surface area contributed by atoms with Crippen molar-refractivity contribution in [2.75, 3.05) is 20.8 Å². The van der Waals surface area contributed by atoms with Gasteiger partial charge in [-0.3, -0.25) is 0 Å². The molecule has 0 aliphatic rings. The lowest BCUT2D eigenvalue weighted by Crippen LogP contribution is -2.20. The summed E-state index contributed by atoms with van der Waals surface area (Å²) in [6, 6.07) is 0. The molecule has 1 aromatic heterocycles. The largest absolute Gasteiger partial charge is 0.480 e. The second-order valence-electron chi connectivity index (χ2n) is 3.41. The van der Waals surface area contributed by atoms with Gasteiger partial charge in [0.2, 0.25) is 11.8 Å². The summed E-state index contributed by atoms with van der Waals surface area (Å²) in [5.41, 5.74) is 0.342. The number of aromatic nitrogens is 2. The summed E-state index contributed by atoms with van der Waals surface area (Å²) in [6.45, 7) is 4.14. The zero-order valence-corrected chi connectivity index (χ0v) is 10.5. The van der Waals surface area contributed by atoms with Crippen LogP contribution in [-0.2, 0) is 4.74 Å². The van der Waals surface area contributed by atoms with E-state index in [4.69, 9.17) is 14.2 Å². The van der Waals surface area contributed by atoms with Crippen LogP contribution >= 0.6 is 0 Å². The fraction of sp³-hybridized carbons (Fsp3) is 0.636. The van der Waals surface area contributed by atoms with E-state index in [0.717, 1.165) is 0 Å². The van der Waals surface area contributed by atoms with Crippen LogP contribution in [0.15, 0.2) is 6.20 Å². The Balaban J connectivity index is 2.96. The van der Waals surface area contributed by atoms with Crippen LogP contribution in [0.25, 0.3) is 0 Å². The minimum absolute atomic E-state index is 0.239. The monoisotopic (exact) mass is 242 g/mol. The fourth-order valence-corrected chi connectivity index (χ4v) is 1.39. The van der Waals surface area contributed by atoms with Gasteiger partial charge in [-0.15, -0.1) is 0 Å². The molecule has 0 spiro atoms. The van der Waals surface area contributed by atoms with E-state index in [1.165, 1.54) is 20.4 Å². The number of nitrogens with zero attached hydrogens (tertiary/aromatic N) is 2. The number of methoxy groups -OCH3 is 2. The Kier molecular flexibility index (Phi) is 5.11. The molecule has 0 saturated carbocycles. The predicted octanol–water partition coefficient (Wildman–Crippen LogP) is 0.952. The molecule has 2 unspecified atom stereocenters. The fourth-order valence-electron chi connectivity index (χ4n) is 1.39. The highest BCUT2D eigenvalue weighted by Gasteiger charge is 2.23. The molecule has 0 aromatic carbocycles. The van der Waals surface area contributed by atoms with Crippen molar-refractivity contribution < 1.29 is 19.3 Å². The van der Waals surface area contributed by atoms with E-state index in [0.29, 0.717) is 18.2 Å². The first kappa shape index (κ1) is 13.7. The van der Waals surface area contributed by atoms with Crippen molar-refractivity contribution in [3.05, 3.63) is 11.9 Å². The van der Waals surface area contributed by atoms with E-state index in [2.05, 4.69) is 9.97 Å². The Morgan fingerprint density at radius 3 is 2.59 bits per heavy atom. The van der Waals surface area contributed by atoms with E-state index in [-0.39, 0.29) is 12.0 Å². The first-order chi connectivity index (χ1) is 8.13. The maximum absolute atomic E-state index is 10.0. The van der Waals surface area contributed by atoms with Crippen molar-refractivity contribution in [3.8, 4) is 11.8 Å². The molecule has 0 radical (unpaired) electrons. The third kappa shape index (κ3) is 3.28. The molecule has 0 aliphatic carbocycles. The molecule has 0 bridgehead atoms. The highest BCUT2D eigenvalue weighted by atomic mass is 16.5. The van der Waals surface area contributed by atoms with Crippen LogP contribution < -0.4 is 9.47 Å². The molecular formula is C11H18N2O4. The highest BCUT2D eigenvalue weighted by Crippen LogP contribution is 2.26. The first-order valence-electron chi connectivity index (χ1n) is 5.38. The number of aliphatic hydroxyl groups excluding tert-OH is 1. The van der Waals surface area contributed by atoms with E-state index in [9.17, 15) is 5.11 Å². The van der Waals surface area contributed by atoms with Crippen LogP contribution in [0, 0.1) is 0 Å². The van der Waals surface area contributed by atoms with Crippen LogP contribution in [0.5, 0.6) is 11.8 Å². The van der Waals surface area contributed by atoms with Crippen molar-refractivity contribution >= 4 is 0 Å². The average molecular weight is 242 g/mol. The Bertz CT molecular complexity index is 359. The molecule has 6 nitrogen and oxygen atoms in total. The number of hydrogen-bond acceptors (Lipinski definition) is 6. The topological polar surface area (TPSA) is 73.7 Å². The number of rotatable bonds is 6. The van der Waals surface area contributed by atoms with Gasteiger partial charge in [-0.2, -0.15) is 4.98 Å². The zero-order valence-electron chi connectivity index (χ0n) is 10.5. The standard InChI is InChI=1S/C11H18N2O4/c1-5-17-7(2)10(14)9-11(16-4)13-8(15-3)6-12-9/h6-7,10,14H,5H2,1-4H3. The second-order valence-corrected chi connectivity index (χ2v) is 3.41. The van der Waals surface area contributed by atoms with Gasteiger partial charge in [-0.1, -0.05) is 0 Å². The summed E-state index contributed by atoms with van der Waals surface area (Å²) in [5.74, 6) is 0.574. The quantitative estimate of drug-likeness (QED) is 0.800. The summed E-state index contributed by atoms with van der Waals surface area (Å²) in [7, 11) is 2.95. The summed E-state index contributed by atoms with van der Waals surface area (Å²) in [6.07, 6.45) is 0.166. The number of hydrogen-bond donors (Lipinski definition) is 1. The molecule has 0 aliphatic heterocycles. The minimum atomic E-state index is -0.886. The van der Waals surface area contributed by atoms with Crippen LogP contribution in [0.1, 0.15) is 25.6 Å². The number of ether oxygens (including phenoxy) is 3. The zero-order chi connectivity index (χ0) is 12.8. The van der Waals surface area contributed by atoms with Gasteiger partial charge in [0, 0.05) is 6.61 Å². The van der Waals surface area contributed by atoms with Crippen LogP contribution in [0.2, 0.25) is 0 Å². The number of aliphatic hydroxyl groups is 1. The molecule has 1 rings (SSSR count). The predicted molar refractivity (Wildman–Crippen MR) is 61.2 cm³/mol. The molecule has 96 valence electrons. The van der Waals surface area contributed by atoms with Gasteiger partial charge in [0.25, 0.3) is 0 Å². The Labute approximate surface area is 101 Å². The van der Waals surface area contributed by atoms with Crippen LogP contribution in [0.4, 0.5) is 0 Å². The molecule has 1 heterocycles. The molecule has 17 heavy (non-hydrogen) atoms. The molecule has 0 saturated heterocycles. The van der Waals surface area contributed by atoms with Crippen molar-refractivity contribution in [2.45, 2.75) is 26.1 Å². The van der Waals surface area contributed by atoms with Gasteiger partial charge in [-0.05, 0) is 13.8 Å². The molecular weight excluding hydrogens is 224 g/mol. The van der Waals surface area contributed by atoms with Crippen molar-refractivity contribution in [1.29, 1.82) is 0 Å². The van der Waals surface area contributed by atoms with Gasteiger partial charge in [0.1, 0.15) is 11.8 Å². The highest BCUT2D eigenvalue weighted by molar-refractivity contribution is 5.25. The molecule has 0 fully saturated rings. The third-order valence-corrected chi connectivity index (χ3v) is 2.30. The van der Waals surface area contributed by atoms with Gasteiger partial charge < -0.3 is 19.3 Å². The SMILES string of the molecule is CCOC(C)C(O)c1ncc(OC)nc1OC. The molecule has 1 aromatic rings. The summed E-state index contributed by atoms with van der Waals surface area (Å²) < 4.78 is 15.3. The maximum atomic E-state index is 10.0. The van der Waals surface area contributed by atoms with Gasteiger partial charge in [-0.25, -0.2) is 4.98 Å². The van der Waals surface area contributed by atoms with E-state index in [1.54, 1.807) is 6.92 Å². The van der Waals surface area contributed by atoms with Gasteiger partial charge >= 0.3 is 0 Å². The first-order valence-corrected chi connectivity index (χ1v) is 5.38. The van der Waals surface area contributed by atoms with Crippen molar-refractivity contribution in [1.82, 2.24) is 9.97 Å². The lowest BCUT2D eigenvalue weighted by Gasteiger charge is -2.19. The minimum Gasteiger partial charge on any atom is -0.480 e. The molecule has 1 N–H and O–H groups in total. The Morgan fingerprint density at radius 2 is 2.06 bits per heavy atom. The second kappa shape index (κ2) is 6.36. The average Bonchev–Trinajstić information content (AvgIpc) is 2.37. The maximum Gasteiger partial charge on any atom is 0.241 e. The smallest absolute Gasteiger partial charge is 0.241 e. The van der Waals surface area contributed by atoms with Gasteiger partial charge in [0.15, 0.2) is 0 Å². The van der Waals surface area contributed by atoms with Crippen LogP contribution in [0.3, 0.4) is 0 Å². The summed E-state index contributed by atoms with van der Waals surface area (Å²) >= 11 is 0. The summed E-state index contributed by atoms with van der Waals surface area (Å²) in [5, 5.41) is 10.0. The summed E-state index contributed by atoms with van der Waals surface area (Å²) in [4.78, 5) is 8.13.